The maximum atomic E-state index is 12.3. The van der Waals surface area contributed by atoms with Gasteiger partial charge in [0.15, 0.2) is 0 Å². The average Bonchev–Trinajstić information content (AvgIpc) is 2.36. The number of hydrogen-bond donors (Lipinski definition) is 1. The second-order valence-electron chi connectivity index (χ2n) is 5.18. The molecule has 0 saturated heterocycles. The summed E-state index contributed by atoms with van der Waals surface area (Å²) in [5.74, 6) is 0.317. The molecule has 2 rings (SSSR count). The van der Waals surface area contributed by atoms with Crippen molar-refractivity contribution in [1.29, 1.82) is 0 Å². The molecule has 0 atom stereocenters. The first-order valence-electron chi connectivity index (χ1n) is 7.02. The van der Waals surface area contributed by atoms with Crippen molar-refractivity contribution in [2.75, 3.05) is 12.4 Å². The summed E-state index contributed by atoms with van der Waals surface area (Å²) in [5, 5.41) is 2.77. The van der Waals surface area contributed by atoms with E-state index in [0.29, 0.717) is 5.95 Å². The first-order valence-corrected chi connectivity index (χ1v) is 7.02. The highest BCUT2D eigenvalue weighted by Crippen LogP contribution is 2.24. The number of aromatic nitrogens is 3. The van der Waals surface area contributed by atoms with Crippen LogP contribution in [0.2, 0.25) is 0 Å². The highest BCUT2D eigenvalue weighted by molar-refractivity contribution is 5.21. The van der Waals surface area contributed by atoms with E-state index in [1.165, 1.54) is 28.4 Å². The van der Waals surface area contributed by atoms with Crippen LogP contribution in [0.15, 0.2) is 9.59 Å². The minimum Gasteiger partial charge on any atom is -0.358 e. The summed E-state index contributed by atoms with van der Waals surface area (Å²) >= 11 is 0. The standard InChI is InChI=1S/C13H22N4O2/c1-14-11-15-12(18)17(13(19)16(11)2)10-8-6-4-3-5-7-9-10/h10H,3-9H2,1-2H3,(H,14,15,18). The third kappa shape index (κ3) is 2.88. The van der Waals surface area contributed by atoms with Gasteiger partial charge in [0.2, 0.25) is 5.95 Å². The summed E-state index contributed by atoms with van der Waals surface area (Å²) in [6, 6.07) is 0.00454. The lowest BCUT2D eigenvalue weighted by atomic mass is 9.97. The Hall–Kier alpha value is -1.59. The third-order valence-electron chi connectivity index (χ3n) is 3.88. The minimum absolute atomic E-state index is 0.00454. The SMILES string of the molecule is CNc1nc(=O)n(C2CCCCCCC2)c(=O)n1C. The topological polar surface area (TPSA) is 68.9 Å². The molecule has 0 bridgehead atoms. The normalized spacial score (nSPS) is 17.8. The lowest BCUT2D eigenvalue weighted by Crippen LogP contribution is -2.43. The Kier molecular flexibility index (Phi) is 4.39. The monoisotopic (exact) mass is 266 g/mol. The van der Waals surface area contributed by atoms with Gasteiger partial charge >= 0.3 is 11.4 Å². The Balaban J connectivity index is 2.40. The first kappa shape index (κ1) is 13.8. The summed E-state index contributed by atoms with van der Waals surface area (Å²) in [5.41, 5.74) is -0.701. The van der Waals surface area contributed by atoms with Crippen molar-refractivity contribution >= 4 is 5.95 Å². The van der Waals surface area contributed by atoms with Gasteiger partial charge in [-0.15, -0.1) is 0 Å². The predicted octanol–water partition coefficient (Wildman–Crippen LogP) is 1.27. The highest BCUT2D eigenvalue weighted by Gasteiger charge is 2.19. The van der Waals surface area contributed by atoms with Crippen LogP contribution in [0.1, 0.15) is 51.0 Å². The van der Waals surface area contributed by atoms with Crippen LogP contribution in [0.5, 0.6) is 0 Å². The molecule has 0 radical (unpaired) electrons. The predicted molar refractivity (Wildman–Crippen MR) is 74.6 cm³/mol. The Morgan fingerprint density at radius 1 is 1.11 bits per heavy atom. The fourth-order valence-corrected chi connectivity index (χ4v) is 2.78. The summed E-state index contributed by atoms with van der Waals surface area (Å²) in [6.07, 6.45) is 7.59. The molecule has 0 spiro atoms. The lowest BCUT2D eigenvalue weighted by Gasteiger charge is -2.21. The van der Waals surface area contributed by atoms with E-state index in [2.05, 4.69) is 10.3 Å². The van der Waals surface area contributed by atoms with Gasteiger partial charge in [0.1, 0.15) is 0 Å². The smallest absolute Gasteiger partial charge is 0.355 e. The van der Waals surface area contributed by atoms with Crippen LogP contribution in [0.3, 0.4) is 0 Å². The van der Waals surface area contributed by atoms with Crippen LogP contribution in [-0.2, 0) is 7.05 Å². The quantitative estimate of drug-likeness (QED) is 0.875. The summed E-state index contributed by atoms with van der Waals surface area (Å²) in [6.45, 7) is 0. The van der Waals surface area contributed by atoms with E-state index in [1.54, 1.807) is 14.1 Å². The zero-order valence-corrected chi connectivity index (χ0v) is 11.7. The van der Waals surface area contributed by atoms with Gasteiger partial charge in [0.05, 0.1) is 0 Å². The molecule has 0 aromatic carbocycles. The van der Waals surface area contributed by atoms with Crippen molar-refractivity contribution in [2.24, 2.45) is 7.05 Å². The lowest BCUT2D eigenvalue weighted by molar-refractivity contribution is 0.344. The van der Waals surface area contributed by atoms with E-state index in [0.717, 1.165) is 25.7 Å². The van der Waals surface area contributed by atoms with Gasteiger partial charge in [-0.1, -0.05) is 32.1 Å². The molecule has 19 heavy (non-hydrogen) atoms. The second-order valence-corrected chi connectivity index (χ2v) is 5.18. The van der Waals surface area contributed by atoms with Crippen molar-refractivity contribution in [3.05, 3.63) is 21.0 Å². The molecule has 0 aliphatic heterocycles. The fraction of sp³-hybridized carbons (Fsp3) is 0.769. The molecule has 1 saturated carbocycles. The van der Waals surface area contributed by atoms with Crippen molar-refractivity contribution < 1.29 is 0 Å². The number of hydrogen-bond acceptors (Lipinski definition) is 4. The van der Waals surface area contributed by atoms with Crippen LogP contribution < -0.4 is 16.7 Å². The second kappa shape index (κ2) is 6.04. The van der Waals surface area contributed by atoms with E-state index >= 15 is 0 Å². The van der Waals surface area contributed by atoms with E-state index in [9.17, 15) is 9.59 Å². The number of anilines is 1. The first-order chi connectivity index (χ1) is 9.15. The van der Waals surface area contributed by atoms with Crippen LogP contribution in [0.4, 0.5) is 5.95 Å². The summed E-state index contributed by atoms with van der Waals surface area (Å²) in [4.78, 5) is 28.3. The molecule has 6 heteroatoms. The summed E-state index contributed by atoms with van der Waals surface area (Å²) in [7, 11) is 3.29. The van der Waals surface area contributed by atoms with Gasteiger partial charge in [-0.05, 0) is 12.8 Å². The largest absolute Gasteiger partial charge is 0.358 e. The molecule has 1 N–H and O–H groups in total. The number of rotatable bonds is 2. The molecule has 0 amide bonds. The van der Waals surface area contributed by atoms with Crippen molar-refractivity contribution in [2.45, 2.75) is 51.0 Å². The molecule has 1 aromatic heterocycles. The van der Waals surface area contributed by atoms with Crippen LogP contribution in [0, 0.1) is 0 Å². The highest BCUT2D eigenvalue weighted by atomic mass is 16.2. The van der Waals surface area contributed by atoms with E-state index in [-0.39, 0.29) is 11.7 Å². The van der Waals surface area contributed by atoms with E-state index in [4.69, 9.17) is 0 Å². The Bertz CT molecular complexity index is 539. The van der Waals surface area contributed by atoms with Gasteiger partial charge in [-0.3, -0.25) is 4.57 Å². The van der Waals surface area contributed by atoms with Crippen LogP contribution in [0.25, 0.3) is 0 Å². The Labute approximate surface area is 112 Å². The van der Waals surface area contributed by atoms with Crippen molar-refractivity contribution in [1.82, 2.24) is 14.1 Å². The Morgan fingerprint density at radius 3 is 2.26 bits per heavy atom. The maximum Gasteiger partial charge on any atom is 0.355 e. The van der Waals surface area contributed by atoms with E-state index < -0.39 is 5.69 Å². The average molecular weight is 266 g/mol. The fourth-order valence-electron chi connectivity index (χ4n) is 2.78. The molecule has 0 unspecified atom stereocenters. The summed E-state index contributed by atoms with van der Waals surface area (Å²) < 4.78 is 2.74. The molecular formula is C13H22N4O2. The number of nitrogens with one attached hydrogen (secondary N) is 1. The molecule has 1 heterocycles. The third-order valence-corrected chi connectivity index (χ3v) is 3.88. The molecule has 6 nitrogen and oxygen atoms in total. The Morgan fingerprint density at radius 2 is 1.68 bits per heavy atom. The van der Waals surface area contributed by atoms with Crippen LogP contribution >= 0.6 is 0 Å². The molecule has 1 aliphatic rings. The minimum atomic E-state index is -0.432. The number of nitrogens with zero attached hydrogens (tertiary/aromatic N) is 3. The molecule has 106 valence electrons. The molecule has 1 aliphatic carbocycles. The van der Waals surface area contributed by atoms with Crippen LogP contribution in [-0.4, -0.2) is 21.2 Å². The van der Waals surface area contributed by atoms with Gasteiger partial charge < -0.3 is 5.32 Å². The van der Waals surface area contributed by atoms with Crippen molar-refractivity contribution in [3.8, 4) is 0 Å². The van der Waals surface area contributed by atoms with Crippen molar-refractivity contribution in [3.63, 3.8) is 0 Å². The molecule has 1 fully saturated rings. The molecular weight excluding hydrogens is 244 g/mol. The van der Waals surface area contributed by atoms with E-state index in [1.807, 2.05) is 0 Å². The van der Waals surface area contributed by atoms with Gasteiger partial charge in [0, 0.05) is 20.1 Å². The maximum absolute atomic E-state index is 12.3. The van der Waals surface area contributed by atoms with Gasteiger partial charge in [-0.25, -0.2) is 14.2 Å². The van der Waals surface area contributed by atoms with Gasteiger partial charge in [0.25, 0.3) is 0 Å². The van der Waals surface area contributed by atoms with Gasteiger partial charge in [-0.2, -0.15) is 4.98 Å². The molecule has 1 aromatic rings. The zero-order valence-electron chi connectivity index (χ0n) is 11.7. The zero-order chi connectivity index (χ0) is 13.8.